The number of carbonyl (C=O) groups excluding carboxylic acids is 2. The van der Waals surface area contributed by atoms with Crippen LogP contribution in [-0.2, 0) is 19.1 Å². The average Bonchev–Trinajstić information content (AvgIpc) is 2.53. The van der Waals surface area contributed by atoms with Crippen LogP contribution in [0.4, 0.5) is 0 Å². The summed E-state index contributed by atoms with van der Waals surface area (Å²) < 4.78 is 10.9. The van der Waals surface area contributed by atoms with E-state index in [1.165, 1.54) is 0 Å². The van der Waals surface area contributed by atoms with Crippen molar-refractivity contribution in [3.05, 3.63) is 58.7 Å². The van der Waals surface area contributed by atoms with E-state index in [4.69, 9.17) is 15.2 Å². The molecule has 0 fully saturated rings. The Labute approximate surface area is 147 Å². The number of ether oxygens (including phenoxy) is 2. The number of rotatable bonds is 3. The summed E-state index contributed by atoms with van der Waals surface area (Å²) in [7, 11) is 0. The lowest BCUT2D eigenvalue weighted by atomic mass is 9.70. The normalized spacial score (nSPS) is 22.4. The molecule has 0 saturated carbocycles. The molecular weight excluding hydrogens is 318 g/mol. The van der Waals surface area contributed by atoms with E-state index in [1.54, 1.807) is 6.92 Å². The number of allylic oxidation sites excluding steroid dienone is 2. The number of Topliss-reactive ketones (excluding diaryl/α,β-unsaturated/α-hetero) is 1. The second kappa shape index (κ2) is 6.39. The molecule has 0 radical (unpaired) electrons. The highest BCUT2D eigenvalue weighted by atomic mass is 16.5. The Morgan fingerprint density at radius 2 is 1.96 bits per heavy atom. The maximum absolute atomic E-state index is 12.9. The average molecular weight is 341 g/mol. The van der Waals surface area contributed by atoms with Gasteiger partial charge in [-0.3, -0.25) is 4.79 Å². The van der Waals surface area contributed by atoms with Gasteiger partial charge in [-0.15, -0.1) is 0 Å². The van der Waals surface area contributed by atoms with Crippen molar-refractivity contribution < 1.29 is 19.1 Å². The zero-order valence-corrected chi connectivity index (χ0v) is 14.8. The van der Waals surface area contributed by atoms with Crippen LogP contribution in [0.3, 0.4) is 0 Å². The van der Waals surface area contributed by atoms with Crippen molar-refractivity contribution in [2.45, 2.75) is 39.5 Å². The minimum atomic E-state index is -0.549. The topological polar surface area (TPSA) is 78.6 Å². The Bertz CT molecular complexity index is 774. The molecule has 5 heteroatoms. The summed E-state index contributed by atoms with van der Waals surface area (Å²) in [5.41, 5.74) is 7.46. The van der Waals surface area contributed by atoms with Crippen LogP contribution in [0.25, 0.3) is 0 Å². The van der Waals surface area contributed by atoms with Crippen LogP contribution in [0.1, 0.15) is 45.1 Å². The van der Waals surface area contributed by atoms with Gasteiger partial charge in [0.15, 0.2) is 5.78 Å². The first-order chi connectivity index (χ1) is 11.8. The van der Waals surface area contributed by atoms with Crippen LogP contribution in [0.2, 0.25) is 0 Å². The highest BCUT2D eigenvalue weighted by molar-refractivity contribution is 6.03. The fourth-order valence-corrected chi connectivity index (χ4v) is 3.57. The van der Waals surface area contributed by atoms with Gasteiger partial charge in [0.1, 0.15) is 11.3 Å². The van der Waals surface area contributed by atoms with E-state index in [1.807, 2.05) is 44.2 Å². The van der Waals surface area contributed by atoms with Gasteiger partial charge >= 0.3 is 5.97 Å². The summed E-state index contributed by atoms with van der Waals surface area (Å²) in [6.45, 7) is 6.01. The number of nitrogens with two attached hydrogens (primary N) is 1. The predicted octanol–water partition coefficient (Wildman–Crippen LogP) is 3.18. The van der Waals surface area contributed by atoms with Crippen molar-refractivity contribution in [3.63, 3.8) is 0 Å². The van der Waals surface area contributed by atoms with Crippen molar-refractivity contribution in [1.29, 1.82) is 0 Å². The van der Waals surface area contributed by atoms with E-state index < -0.39 is 11.9 Å². The van der Waals surface area contributed by atoms with E-state index in [9.17, 15) is 9.59 Å². The fraction of sp³-hybridized carbons (Fsp3) is 0.400. The third-order valence-corrected chi connectivity index (χ3v) is 4.58. The van der Waals surface area contributed by atoms with Gasteiger partial charge in [-0.1, -0.05) is 44.2 Å². The smallest absolute Gasteiger partial charge is 0.340 e. The molecule has 1 atom stereocenters. The molecule has 1 aliphatic carbocycles. The maximum Gasteiger partial charge on any atom is 0.340 e. The Kier molecular flexibility index (Phi) is 4.41. The molecule has 0 saturated heterocycles. The molecule has 2 N–H and O–H groups in total. The summed E-state index contributed by atoms with van der Waals surface area (Å²) in [5, 5.41) is 0. The molecule has 1 heterocycles. The van der Waals surface area contributed by atoms with Crippen molar-refractivity contribution in [2.75, 3.05) is 6.61 Å². The molecule has 0 aromatic heterocycles. The Morgan fingerprint density at radius 1 is 1.28 bits per heavy atom. The molecule has 25 heavy (non-hydrogen) atoms. The molecule has 0 bridgehead atoms. The van der Waals surface area contributed by atoms with E-state index in [0.717, 1.165) is 5.56 Å². The SMILES string of the molecule is CCOC(=O)C1=C(N)OC2=C(C(=O)CC(C)(C)C2)[C@H]1c1ccccc1. The first kappa shape index (κ1) is 17.3. The minimum absolute atomic E-state index is 0.00518. The molecule has 1 aromatic rings. The molecule has 2 aliphatic rings. The molecule has 1 aliphatic heterocycles. The van der Waals surface area contributed by atoms with Gasteiger partial charge in [0.05, 0.1) is 12.5 Å². The molecule has 1 aromatic carbocycles. The third-order valence-electron chi connectivity index (χ3n) is 4.58. The predicted molar refractivity (Wildman–Crippen MR) is 93.2 cm³/mol. The van der Waals surface area contributed by atoms with Crippen molar-refractivity contribution in [2.24, 2.45) is 11.1 Å². The zero-order valence-electron chi connectivity index (χ0n) is 14.8. The van der Waals surface area contributed by atoms with Gasteiger partial charge in [-0.25, -0.2) is 4.79 Å². The fourth-order valence-electron chi connectivity index (χ4n) is 3.57. The Morgan fingerprint density at radius 3 is 2.60 bits per heavy atom. The molecule has 0 unspecified atom stereocenters. The monoisotopic (exact) mass is 341 g/mol. The lowest BCUT2D eigenvalue weighted by molar-refractivity contribution is -0.139. The summed E-state index contributed by atoms with van der Waals surface area (Å²) in [4.78, 5) is 25.4. The van der Waals surface area contributed by atoms with Gasteiger partial charge in [0.2, 0.25) is 5.88 Å². The van der Waals surface area contributed by atoms with Crippen LogP contribution < -0.4 is 5.73 Å². The summed E-state index contributed by atoms with van der Waals surface area (Å²) >= 11 is 0. The van der Waals surface area contributed by atoms with Gasteiger partial charge in [0, 0.05) is 18.4 Å². The largest absolute Gasteiger partial charge is 0.462 e. The number of hydrogen-bond donors (Lipinski definition) is 1. The molecule has 0 spiro atoms. The molecule has 5 nitrogen and oxygen atoms in total. The van der Waals surface area contributed by atoms with Gasteiger partial charge in [-0.05, 0) is 17.9 Å². The van der Waals surface area contributed by atoms with E-state index in [-0.39, 0.29) is 29.3 Å². The quantitative estimate of drug-likeness (QED) is 0.854. The lowest BCUT2D eigenvalue weighted by Crippen LogP contribution is -2.35. The lowest BCUT2D eigenvalue weighted by Gasteiger charge is -2.37. The number of esters is 1. The van der Waals surface area contributed by atoms with Crippen LogP contribution in [-0.4, -0.2) is 18.4 Å². The standard InChI is InChI=1S/C20H23NO4/c1-4-24-19(23)17-15(12-8-6-5-7-9-12)16-13(22)10-20(2,3)11-14(16)25-18(17)21/h5-9,15H,4,10-11,21H2,1-3H3/t15-/m1/s1. The maximum atomic E-state index is 12.9. The molecule has 3 rings (SSSR count). The van der Waals surface area contributed by atoms with Crippen molar-refractivity contribution >= 4 is 11.8 Å². The number of ketones is 1. The van der Waals surface area contributed by atoms with Gasteiger partial charge < -0.3 is 15.2 Å². The first-order valence-corrected chi connectivity index (χ1v) is 8.50. The van der Waals surface area contributed by atoms with Gasteiger partial charge in [0.25, 0.3) is 0 Å². The summed E-state index contributed by atoms with van der Waals surface area (Å²) in [5.74, 6) is -0.503. The molecule has 0 amide bonds. The van der Waals surface area contributed by atoms with Crippen LogP contribution in [0, 0.1) is 5.41 Å². The van der Waals surface area contributed by atoms with Crippen molar-refractivity contribution in [1.82, 2.24) is 0 Å². The Hall–Kier alpha value is -2.56. The van der Waals surface area contributed by atoms with Crippen LogP contribution in [0.5, 0.6) is 0 Å². The van der Waals surface area contributed by atoms with E-state index in [0.29, 0.717) is 24.2 Å². The highest BCUT2D eigenvalue weighted by Gasteiger charge is 2.44. The van der Waals surface area contributed by atoms with Crippen molar-refractivity contribution in [3.8, 4) is 0 Å². The van der Waals surface area contributed by atoms with Gasteiger partial charge in [-0.2, -0.15) is 0 Å². The second-order valence-electron chi connectivity index (χ2n) is 7.22. The highest BCUT2D eigenvalue weighted by Crippen LogP contribution is 2.48. The zero-order chi connectivity index (χ0) is 18.2. The minimum Gasteiger partial charge on any atom is -0.462 e. The second-order valence-corrected chi connectivity index (χ2v) is 7.22. The molecular formula is C20H23NO4. The van der Waals surface area contributed by atoms with E-state index >= 15 is 0 Å². The number of benzene rings is 1. The summed E-state index contributed by atoms with van der Waals surface area (Å²) in [6.07, 6.45) is 1.02. The van der Waals surface area contributed by atoms with Crippen LogP contribution >= 0.6 is 0 Å². The first-order valence-electron chi connectivity index (χ1n) is 8.50. The number of hydrogen-bond acceptors (Lipinski definition) is 5. The van der Waals surface area contributed by atoms with E-state index in [2.05, 4.69) is 0 Å². The van der Waals surface area contributed by atoms with Crippen LogP contribution in [0.15, 0.2) is 53.1 Å². The number of carbonyl (C=O) groups is 2. The third kappa shape index (κ3) is 3.18. The molecule has 132 valence electrons. The summed E-state index contributed by atoms with van der Waals surface area (Å²) in [6, 6.07) is 9.42. The Balaban J connectivity index is 2.16.